The first-order chi connectivity index (χ1) is 9.86. The highest BCUT2D eigenvalue weighted by atomic mass is 16.6. The molecule has 2 N–H and O–H groups in total. The normalized spacial score (nSPS) is 25.3. The van der Waals surface area contributed by atoms with E-state index in [1.54, 1.807) is 26.0 Å². The molecule has 0 bridgehead atoms. The lowest BCUT2D eigenvalue weighted by Gasteiger charge is -2.39. The Morgan fingerprint density at radius 1 is 1.48 bits per heavy atom. The smallest absolute Gasteiger partial charge is 0.311 e. The first kappa shape index (κ1) is 15.3. The molecule has 2 rings (SSSR count). The third kappa shape index (κ3) is 2.84. The fourth-order valence-corrected chi connectivity index (χ4v) is 2.99. The van der Waals surface area contributed by atoms with Crippen LogP contribution >= 0.6 is 0 Å². The molecule has 114 valence electrons. The van der Waals surface area contributed by atoms with Crippen LogP contribution in [0.4, 0.5) is 11.4 Å². The van der Waals surface area contributed by atoms with Gasteiger partial charge >= 0.3 is 5.97 Å². The van der Waals surface area contributed by atoms with E-state index in [-0.39, 0.29) is 11.7 Å². The summed E-state index contributed by atoms with van der Waals surface area (Å²) in [4.78, 5) is 22.3. The lowest BCUT2D eigenvalue weighted by Crippen LogP contribution is -2.46. The Bertz CT molecular complexity index is 573. The number of para-hydroxylation sites is 1. The van der Waals surface area contributed by atoms with E-state index < -0.39 is 16.3 Å². The molecule has 1 aliphatic rings. The molecule has 21 heavy (non-hydrogen) atoms. The number of carboxylic acid groups (broad SMARTS) is 1. The van der Waals surface area contributed by atoms with Gasteiger partial charge in [0.2, 0.25) is 0 Å². The Balaban J connectivity index is 2.36. The maximum Gasteiger partial charge on any atom is 0.311 e. The molecule has 1 aromatic carbocycles. The fourth-order valence-electron chi connectivity index (χ4n) is 2.99. The minimum absolute atomic E-state index is 0.00619. The molecule has 6 heteroatoms. The topological polar surface area (TPSA) is 92.5 Å². The van der Waals surface area contributed by atoms with Crippen LogP contribution < -0.4 is 5.32 Å². The summed E-state index contributed by atoms with van der Waals surface area (Å²) in [5.41, 5.74) is 0.284. The Morgan fingerprint density at radius 2 is 2.19 bits per heavy atom. The molecule has 0 amide bonds. The molecule has 0 aromatic heterocycles. The summed E-state index contributed by atoms with van der Waals surface area (Å²) < 4.78 is 0. The Labute approximate surface area is 123 Å². The lowest BCUT2D eigenvalue weighted by atomic mass is 9.71. The summed E-state index contributed by atoms with van der Waals surface area (Å²) in [6, 6.07) is 4.56. The maximum atomic E-state index is 11.6. The maximum absolute atomic E-state index is 11.6. The fraction of sp³-hybridized carbons (Fsp3) is 0.533. The second-order valence-electron chi connectivity index (χ2n) is 5.89. The first-order valence-corrected chi connectivity index (χ1v) is 7.10. The predicted octanol–water partition coefficient (Wildman–Crippen LogP) is 3.35. The number of hydrogen-bond donors (Lipinski definition) is 2. The Kier molecular flexibility index (Phi) is 4.16. The van der Waals surface area contributed by atoms with Gasteiger partial charge in [0.25, 0.3) is 5.69 Å². The SMILES string of the molecule is Cc1cccc([N+](=O)[O-])c1NC1CCCCC1(C)C(=O)O. The van der Waals surface area contributed by atoms with E-state index in [9.17, 15) is 20.0 Å². The molecule has 6 nitrogen and oxygen atoms in total. The summed E-state index contributed by atoms with van der Waals surface area (Å²) in [5, 5.41) is 23.8. The van der Waals surface area contributed by atoms with Gasteiger partial charge in [-0.2, -0.15) is 0 Å². The van der Waals surface area contributed by atoms with Crippen LogP contribution in [0.15, 0.2) is 18.2 Å². The highest BCUT2D eigenvalue weighted by Crippen LogP contribution is 2.40. The molecule has 1 aromatic rings. The molecule has 0 aliphatic heterocycles. The van der Waals surface area contributed by atoms with Crippen molar-refractivity contribution in [3.8, 4) is 0 Å². The van der Waals surface area contributed by atoms with Crippen molar-refractivity contribution >= 4 is 17.3 Å². The predicted molar refractivity (Wildman–Crippen MR) is 79.5 cm³/mol. The van der Waals surface area contributed by atoms with Gasteiger partial charge in [-0.1, -0.05) is 25.0 Å². The largest absolute Gasteiger partial charge is 0.481 e. The summed E-state index contributed by atoms with van der Waals surface area (Å²) in [7, 11) is 0. The third-order valence-corrected chi connectivity index (χ3v) is 4.46. The second kappa shape index (κ2) is 5.71. The van der Waals surface area contributed by atoms with Gasteiger partial charge in [0.05, 0.1) is 10.3 Å². The number of carboxylic acids is 1. The zero-order chi connectivity index (χ0) is 15.6. The van der Waals surface area contributed by atoms with Crippen LogP contribution in [0.1, 0.15) is 38.2 Å². The molecule has 0 radical (unpaired) electrons. The molecule has 1 aliphatic carbocycles. The van der Waals surface area contributed by atoms with Gasteiger partial charge in [0.1, 0.15) is 5.69 Å². The van der Waals surface area contributed by atoms with Gasteiger partial charge < -0.3 is 10.4 Å². The van der Waals surface area contributed by atoms with Gasteiger partial charge in [-0.25, -0.2) is 0 Å². The average molecular weight is 292 g/mol. The molecular formula is C15H20N2O4. The standard InChI is InChI=1S/C15H20N2O4/c1-10-6-5-7-11(17(20)21)13(10)16-12-8-3-4-9-15(12,2)14(18)19/h5-7,12,16H,3-4,8-9H2,1-2H3,(H,18,19). The number of nitro groups is 1. The van der Waals surface area contributed by atoms with E-state index in [1.165, 1.54) is 6.07 Å². The number of nitrogens with zero attached hydrogens (tertiary/aromatic N) is 1. The zero-order valence-electron chi connectivity index (χ0n) is 12.3. The Hall–Kier alpha value is -2.11. The number of carbonyl (C=O) groups is 1. The third-order valence-electron chi connectivity index (χ3n) is 4.46. The summed E-state index contributed by atoms with van der Waals surface area (Å²) in [6.45, 7) is 3.51. The summed E-state index contributed by atoms with van der Waals surface area (Å²) in [6.07, 6.45) is 3.09. The van der Waals surface area contributed by atoms with Crippen LogP contribution in [0, 0.1) is 22.5 Å². The van der Waals surface area contributed by atoms with Crippen molar-refractivity contribution in [1.29, 1.82) is 0 Å². The van der Waals surface area contributed by atoms with E-state index in [4.69, 9.17) is 0 Å². The van der Waals surface area contributed by atoms with Crippen molar-refractivity contribution in [3.63, 3.8) is 0 Å². The van der Waals surface area contributed by atoms with Crippen molar-refractivity contribution in [3.05, 3.63) is 33.9 Å². The molecule has 2 atom stereocenters. The van der Waals surface area contributed by atoms with E-state index in [1.807, 2.05) is 0 Å². The number of aliphatic carboxylic acids is 1. The lowest BCUT2D eigenvalue weighted by molar-refractivity contribution is -0.384. The van der Waals surface area contributed by atoms with Crippen molar-refractivity contribution in [2.24, 2.45) is 5.41 Å². The van der Waals surface area contributed by atoms with E-state index in [0.29, 0.717) is 18.5 Å². The van der Waals surface area contributed by atoms with E-state index in [0.717, 1.165) is 18.4 Å². The number of nitro benzene ring substituents is 1. The highest BCUT2D eigenvalue weighted by Gasteiger charge is 2.43. The molecule has 0 spiro atoms. The minimum atomic E-state index is -0.894. The van der Waals surface area contributed by atoms with Crippen molar-refractivity contribution in [2.75, 3.05) is 5.32 Å². The molecule has 1 fully saturated rings. The molecule has 2 unspecified atom stereocenters. The molecule has 0 heterocycles. The van der Waals surface area contributed by atoms with Crippen LogP contribution in [0.5, 0.6) is 0 Å². The minimum Gasteiger partial charge on any atom is -0.481 e. The number of benzene rings is 1. The monoisotopic (exact) mass is 292 g/mol. The zero-order valence-corrected chi connectivity index (χ0v) is 12.3. The van der Waals surface area contributed by atoms with Gasteiger partial charge in [0, 0.05) is 12.1 Å². The number of nitrogens with one attached hydrogen (secondary N) is 1. The van der Waals surface area contributed by atoms with E-state index >= 15 is 0 Å². The van der Waals surface area contributed by atoms with Gasteiger partial charge in [0.15, 0.2) is 0 Å². The van der Waals surface area contributed by atoms with Crippen LogP contribution in [-0.4, -0.2) is 22.0 Å². The van der Waals surface area contributed by atoms with Crippen LogP contribution in [0.2, 0.25) is 0 Å². The van der Waals surface area contributed by atoms with Gasteiger partial charge in [-0.05, 0) is 32.3 Å². The van der Waals surface area contributed by atoms with Crippen molar-refractivity contribution in [2.45, 2.75) is 45.6 Å². The summed E-state index contributed by atoms with van der Waals surface area (Å²) in [5.74, 6) is -0.851. The van der Waals surface area contributed by atoms with Crippen molar-refractivity contribution < 1.29 is 14.8 Å². The van der Waals surface area contributed by atoms with Crippen LogP contribution in [0.25, 0.3) is 0 Å². The number of anilines is 1. The van der Waals surface area contributed by atoms with E-state index in [2.05, 4.69) is 5.32 Å². The highest BCUT2D eigenvalue weighted by molar-refractivity contribution is 5.77. The van der Waals surface area contributed by atoms with Gasteiger partial charge in [-0.3, -0.25) is 14.9 Å². The summed E-state index contributed by atoms with van der Waals surface area (Å²) >= 11 is 0. The second-order valence-corrected chi connectivity index (χ2v) is 5.89. The molecule has 0 saturated heterocycles. The van der Waals surface area contributed by atoms with Crippen LogP contribution in [-0.2, 0) is 4.79 Å². The quantitative estimate of drug-likeness (QED) is 0.655. The average Bonchev–Trinajstić information content (AvgIpc) is 2.42. The number of aryl methyl sites for hydroxylation is 1. The Morgan fingerprint density at radius 3 is 2.81 bits per heavy atom. The van der Waals surface area contributed by atoms with Crippen molar-refractivity contribution in [1.82, 2.24) is 0 Å². The first-order valence-electron chi connectivity index (χ1n) is 7.10. The molecular weight excluding hydrogens is 272 g/mol. The van der Waals surface area contributed by atoms with Gasteiger partial charge in [-0.15, -0.1) is 0 Å². The number of hydrogen-bond acceptors (Lipinski definition) is 4. The van der Waals surface area contributed by atoms with Crippen LogP contribution in [0.3, 0.4) is 0 Å². The number of rotatable bonds is 4. The molecule has 1 saturated carbocycles.